The van der Waals surface area contributed by atoms with Crippen LogP contribution in [0.4, 0.5) is 5.69 Å². The number of pyridine rings is 1. The molecule has 0 fully saturated rings. The molecule has 0 aliphatic rings. The van der Waals surface area contributed by atoms with Gasteiger partial charge in [-0.25, -0.2) is 9.67 Å². The number of anilines is 1. The van der Waals surface area contributed by atoms with Crippen molar-refractivity contribution in [3.8, 4) is 22.8 Å². The molecule has 3 aromatic rings. The third kappa shape index (κ3) is 2.21. The van der Waals surface area contributed by atoms with Crippen LogP contribution in [0.2, 0.25) is 0 Å². The summed E-state index contributed by atoms with van der Waals surface area (Å²) in [6.45, 7) is 0. The molecule has 0 radical (unpaired) electrons. The van der Waals surface area contributed by atoms with Crippen LogP contribution in [-0.4, -0.2) is 21.9 Å². The van der Waals surface area contributed by atoms with Crippen molar-refractivity contribution in [1.29, 1.82) is 0 Å². The maximum atomic E-state index is 6.04. The Labute approximate surface area is 116 Å². The van der Waals surface area contributed by atoms with Gasteiger partial charge in [0.2, 0.25) is 0 Å². The van der Waals surface area contributed by atoms with Gasteiger partial charge in [-0.3, -0.25) is 0 Å². The average Bonchev–Trinajstić information content (AvgIpc) is 2.90. The molecule has 0 aliphatic heterocycles. The average molecular weight is 266 g/mol. The van der Waals surface area contributed by atoms with Crippen LogP contribution in [0.3, 0.4) is 0 Å². The predicted octanol–water partition coefficient (Wildman–Crippen LogP) is 2.53. The van der Waals surface area contributed by atoms with Crippen LogP contribution in [0, 0.1) is 0 Å². The van der Waals surface area contributed by atoms with Crippen molar-refractivity contribution in [2.24, 2.45) is 0 Å². The van der Waals surface area contributed by atoms with Crippen molar-refractivity contribution in [2.75, 3.05) is 12.8 Å². The van der Waals surface area contributed by atoms with E-state index in [1.165, 1.54) is 0 Å². The second-order valence-electron chi connectivity index (χ2n) is 4.29. The van der Waals surface area contributed by atoms with Crippen molar-refractivity contribution in [3.05, 3.63) is 54.9 Å². The van der Waals surface area contributed by atoms with Crippen molar-refractivity contribution in [3.63, 3.8) is 0 Å². The number of hydrogen-bond donors (Lipinski definition) is 1. The van der Waals surface area contributed by atoms with Crippen LogP contribution in [-0.2, 0) is 0 Å². The van der Waals surface area contributed by atoms with Gasteiger partial charge >= 0.3 is 0 Å². The number of nitrogen functional groups attached to an aromatic ring is 1. The number of benzene rings is 1. The van der Waals surface area contributed by atoms with E-state index < -0.39 is 0 Å². The molecule has 0 bridgehead atoms. The first-order valence-corrected chi connectivity index (χ1v) is 6.19. The van der Waals surface area contributed by atoms with Crippen LogP contribution in [0.5, 0.6) is 5.75 Å². The van der Waals surface area contributed by atoms with E-state index >= 15 is 0 Å². The molecule has 5 heteroatoms. The molecule has 0 saturated carbocycles. The Kier molecular flexibility index (Phi) is 3.09. The Morgan fingerprint density at radius 3 is 2.55 bits per heavy atom. The zero-order valence-corrected chi connectivity index (χ0v) is 11.0. The first-order chi connectivity index (χ1) is 9.78. The lowest BCUT2D eigenvalue weighted by Gasteiger charge is -2.02. The van der Waals surface area contributed by atoms with E-state index in [0.717, 1.165) is 22.8 Å². The first-order valence-electron chi connectivity index (χ1n) is 6.19. The lowest BCUT2D eigenvalue weighted by atomic mass is 10.1. The summed E-state index contributed by atoms with van der Waals surface area (Å²) < 4.78 is 6.82. The maximum absolute atomic E-state index is 6.04. The fraction of sp³-hybridized carbons (Fsp3) is 0.0667. The van der Waals surface area contributed by atoms with Gasteiger partial charge in [-0.15, -0.1) is 0 Å². The highest BCUT2D eigenvalue weighted by atomic mass is 16.5. The lowest BCUT2D eigenvalue weighted by molar-refractivity contribution is 0.415. The number of ether oxygens (including phenoxy) is 1. The highest BCUT2D eigenvalue weighted by Gasteiger charge is 2.10. The van der Waals surface area contributed by atoms with Crippen LogP contribution >= 0.6 is 0 Å². The van der Waals surface area contributed by atoms with E-state index in [2.05, 4.69) is 10.1 Å². The van der Waals surface area contributed by atoms with Gasteiger partial charge in [-0.1, -0.05) is 6.07 Å². The minimum atomic E-state index is 0.612. The van der Waals surface area contributed by atoms with Gasteiger partial charge in [-0.2, -0.15) is 5.10 Å². The van der Waals surface area contributed by atoms with E-state index in [4.69, 9.17) is 10.5 Å². The lowest BCUT2D eigenvalue weighted by Crippen LogP contribution is -1.97. The number of rotatable bonds is 3. The van der Waals surface area contributed by atoms with Crippen molar-refractivity contribution < 1.29 is 4.74 Å². The molecule has 0 spiro atoms. The van der Waals surface area contributed by atoms with E-state index in [1.807, 2.05) is 42.5 Å². The van der Waals surface area contributed by atoms with Gasteiger partial charge in [-0.05, 0) is 36.4 Å². The molecule has 2 heterocycles. The number of nitrogens with two attached hydrogens (primary N) is 1. The Hall–Kier alpha value is -2.82. The number of methoxy groups -OCH3 is 1. The molecule has 0 saturated heterocycles. The van der Waals surface area contributed by atoms with Crippen molar-refractivity contribution >= 4 is 5.69 Å². The Bertz CT molecular complexity index is 704. The minimum absolute atomic E-state index is 0.612. The molecule has 0 aliphatic carbocycles. The molecule has 100 valence electrons. The fourth-order valence-electron chi connectivity index (χ4n) is 1.97. The zero-order valence-electron chi connectivity index (χ0n) is 11.0. The summed E-state index contributed by atoms with van der Waals surface area (Å²) in [4.78, 5) is 4.25. The molecule has 0 atom stereocenters. The fourth-order valence-corrected chi connectivity index (χ4v) is 1.97. The molecule has 0 amide bonds. The summed E-state index contributed by atoms with van der Waals surface area (Å²) >= 11 is 0. The smallest absolute Gasteiger partial charge is 0.153 e. The summed E-state index contributed by atoms with van der Waals surface area (Å²) in [5, 5.41) is 4.49. The van der Waals surface area contributed by atoms with Gasteiger partial charge < -0.3 is 10.5 Å². The molecule has 0 unspecified atom stereocenters. The van der Waals surface area contributed by atoms with Gasteiger partial charge in [0.05, 0.1) is 19.0 Å². The number of nitrogens with zero attached hydrogens (tertiary/aromatic N) is 3. The maximum Gasteiger partial charge on any atom is 0.153 e. The number of hydrogen-bond acceptors (Lipinski definition) is 4. The minimum Gasteiger partial charge on any atom is -0.497 e. The highest BCUT2D eigenvalue weighted by molar-refractivity contribution is 5.72. The summed E-state index contributed by atoms with van der Waals surface area (Å²) in [6.07, 6.45) is 3.49. The summed E-state index contributed by atoms with van der Waals surface area (Å²) in [7, 11) is 1.64. The summed E-state index contributed by atoms with van der Waals surface area (Å²) in [6, 6.07) is 13.3. The standard InChI is InChI=1S/C15H14N4O/c1-20-12-7-5-11(6-8-12)15-13(16)10-19(18-15)14-4-2-3-9-17-14/h2-10H,16H2,1H3. The second-order valence-corrected chi connectivity index (χ2v) is 4.29. The van der Waals surface area contributed by atoms with Crippen LogP contribution in [0.1, 0.15) is 0 Å². The van der Waals surface area contributed by atoms with Crippen LogP contribution in [0.25, 0.3) is 17.1 Å². The first kappa shape index (κ1) is 12.2. The quantitative estimate of drug-likeness (QED) is 0.791. The summed E-state index contributed by atoms with van der Waals surface area (Å²) in [5.74, 6) is 1.54. The van der Waals surface area contributed by atoms with Crippen LogP contribution < -0.4 is 10.5 Å². The van der Waals surface area contributed by atoms with Crippen molar-refractivity contribution in [1.82, 2.24) is 14.8 Å². The zero-order chi connectivity index (χ0) is 13.9. The van der Waals surface area contributed by atoms with Gasteiger partial charge in [0.1, 0.15) is 11.4 Å². The van der Waals surface area contributed by atoms with Gasteiger partial charge in [0, 0.05) is 11.8 Å². The Morgan fingerprint density at radius 1 is 1.10 bits per heavy atom. The van der Waals surface area contributed by atoms with E-state index in [9.17, 15) is 0 Å². The van der Waals surface area contributed by atoms with E-state index in [0.29, 0.717) is 5.69 Å². The molecule has 1 aromatic carbocycles. The molecular weight excluding hydrogens is 252 g/mol. The monoisotopic (exact) mass is 266 g/mol. The van der Waals surface area contributed by atoms with Crippen LogP contribution in [0.15, 0.2) is 54.9 Å². The third-order valence-corrected chi connectivity index (χ3v) is 2.99. The van der Waals surface area contributed by atoms with Gasteiger partial charge in [0.25, 0.3) is 0 Å². The molecule has 20 heavy (non-hydrogen) atoms. The summed E-state index contributed by atoms with van der Waals surface area (Å²) in [5.41, 5.74) is 8.33. The van der Waals surface area contributed by atoms with Gasteiger partial charge in [0.15, 0.2) is 5.82 Å². The second kappa shape index (κ2) is 5.05. The predicted molar refractivity (Wildman–Crippen MR) is 77.8 cm³/mol. The third-order valence-electron chi connectivity index (χ3n) is 2.99. The van der Waals surface area contributed by atoms with E-state index in [1.54, 1.807) is 24.2 Å². The topological polar surface area (TPSA) is 66.0 Å². The molecule has 3 rings (SSSR count). The Balaban J connectivity index is 2.00. The number of aromatic nitrogens is 3. The van der Waals surface area contributed by atoms with Crippen molar-refractivity contribution in [2.45, 2.75) is 0 Å². The molecular formula is C15H14N4O. The van der Waals surface area contributed by atoms with E-state index in [-0.39, 0.29) is 0 Å². The molecule has 2 aromatic heterocycles. The molecule has 5 nitrogen and oxygen atoms in total. The molecule has 2 N–H and O–H groups in total. The normalized spacial score (nSPS) is 10.4. The largest absolute Gasteiger partial charge is 0.497 e. The Morgan fingerprint density at radius 2 is 1.90 bits per heavy atom. The highest BCUT2D eigenvalue weighted by Crippen LogP contribution is 2.26. The SMILES string of the molecule is COc1ccc(-c2nn(-c3ccccn3)cc2N)cc1.